The van der Waals surface area contributed by atoms with Gasteiger partial charge in [-0.3, -0.25) is 0 Å². The summed E-state index contributed by atoms with van der Waals surface area (Å²) in [4.78, 5) is 3.84. The Labute approximate surface area is 125 Å². The molecule has 0 amide bonds. The van der Waals surface area contributed by atoms with Gasteiger partial charge in [0.05, 0.1) is 22.3 Å². The first kappa shape index (κ1) is 15.0. The van der Waals surface area contributed by atoms with Crippen LogP contribution in [-0.4, -0.2) is 11.5 Å². The van der Waals surface area contributed by atoms with Crippen molar-refractivity contribution in [2.24, 2.45) is 0 Å². The second-order valence-electron chi connectivity index (χ2n) is 4.11. The molecule has 4 nitrogen and oxygen atoms in total. The monoisotopic (exact) mass is 308 g/mol. The molecular weight excluding hydrogens is 298 g/mol. The molecule has 0 unspecified atom stereocenters. The quantitative estimate of drug-likeness (QED) is 0.894. The predicted molar refractivity (Wildman–Crippen MR) is 77.8 cm³/mol. The average Bonchev–Trinajstić information content (AvgIpc) is 2.46. The van der Waals surface area contributed by atoms with E-state index in [1.54, 1.807) is 6.92 Å². The summed E-state index contributed by atoms with van der Waals surface area (Å²) in [5.41, 5.74) is 0.674. The van der Waals surface area contributed by atoms with E-state index in [0.29, 0.717) is 22.8 Å². The van der Waals surface area contributed by atoms with Crippen molar-refractivity contribution in [2.45, 2.75) is 6.92 Å². The standard InChI is InChI=1S/C14H11ClF2N4/c1-2-19-13-10(16)6-11(17)14(21-13)20-12-5-8(7-18)3-4-9(12)15/h3-6H,2H2,1H3,(H2,19,20,21). The van der Waals surface area contributed by atoms with Gasteiger partial charge in [0, 0.05) is 12.6 Å². The first-order chi connectivity index (χ1) is 10.0. The van der Waals surface area contributed by atoms with Crippen molar-refractivity contribution in [1.82, 2.24) is 4.98 Å². The summed E-state index contributed by atoms with van der Waals surface area (Å²) in [6, 6.07) is 7.18. The highest BCUT2D eigenvalue weighted by Gasteiger charge is 2.13. The molecule has 0 aliphatic carbocycles. The summed E-state index contributed by atoms with van der Waals surface area (Å²) in [7, 11) is 0. The van der Waals surface area contributed by atoms with Crippen molar-refractivity contribution >= 4 is 28.9 Å². The van der Waals surface area contributed by atoms with Crippen LogP contribution < -0.4 is 10.6 Å². The summed E-state index contributed by atoms with van der Waals surface area (Å²) < 4.78 is 27.3. The van der Waals surface area contributed by atoms with E-state index in [1.165, 1.54) is 18.2 Å². The number of halogens is 3. The van der Waals surface area contributed by atoms with E-state index in [1.807, 2.05) is 6.07 Å². The van der Waals surface area contributed by atoms with Gasteiger partial charge in [-0.1, -0.05) is 11.6 Å². The molecule has 2 rings (SSSR count). The maximum absolute atomic E-state index is 13.8. The topological polar surface area (TPSA) is 60.7 Å². The van der Waals surface area contributed by atoms with Crippen LogP contribution in [0, 0.1) is 23.0 Å². The third kappa shape index (κ3) is 3.38. The summed E-state index contributed by atoms with van der Waals surface area (Å²) in [6.07, 6.45) is 0. The van der Waals surface area contributed by atoms with Gasteiger partial charge in [0.15, 0.2) is 23.3 Å². The third-order valence-electron chi connectivity index (χ3n) is 2.62. The maximum atomic E-state index is 13.8. The Morgan fingerprint density at radius 1 is 1.24 bits per heavy atom. The number of nitriles is 1. The van der Waals surface area contributed by atoms with E-state index in [2.05, 4.69) is 15.6 Å². The lowest BCUT2D eigenvalue weighted by Gasteiger charge is -2.11. The molecule has 7 heteroatoms. The minimum Gasteiger partial charge on any atom is -0.368 e. The van der Waals surface area contributed by atoms with Gasteiger partial charge in [-0.25, -0.2) is 13.8 Å². The number of nitrogens with zero attached hydrogens (tertiary/aromatic N) is 2. The van der Waals surface area contributed by atoms with E-state index >= 15 is 0 Å². The summed E-state index contributed by atoms with van der Waals surface area (Å²) in [5.74, 6) is -1.87. The molecule has 0 radical (unpaired) electrons. The lowest BCUT2D eigenvalue weighted by Crippen LogP contribution is -2.06. The van der Waals surface area contributed by atoms with E-state index in [9.17, 15) is 8.78 Å². The SMILES string of the molecule is CCNc1nc(Nc2cc(C#N)ccc2Cl)c(F)cc1F. The van der Waals surface area contributed by atoms with Crippen molar-refractivity contribution in [3.63, 3.8) is 0 Å². The summed E-state index contributed by atoms with van der Waals surface area (Å²) in [5, 5.41) is 14.5. The molecule has 0 atom stereocenters. The molecule has 21 heavy (non-hydrogen) atoms. The highest BCUT2D eigenvalue weighted by molar-refractivity contribution is 6.33. The zero-order valence-corrected chi connectivity index (χ0v) is 11.8. The molecule has 0 spiro atoms. The van der Waals surface area contributed by atoms with Gasteiger partial charge in [0.2, 0.25) is 0 Å². The minimum absolute atomic E-state index is 0.0611. The van der Waals surface area contributed by atoms with Crippen LogP contribution in [-0.2, 0) is 0 Å². The second-order valence-corrected chi connectivity index (χ2v) is 4.52. The highest BCUT2D eigenvalue weighted by Crippen LogP contribution is 2.28. The predicted octanol–water partition coefficient (Wildman–Crippen LogP) is 4.06. The molecule has 0 saturated carbocycles. The molecule has 1 heterocycles. The van der Waals surface area contributed by atoms with Crippen LogP contribution in [0.4, 0.5) is 26.1 Å². The molecular formula is C14H11ClF2N4. The first-order valence-electron chi connectivity index (χ1n) is 6.11. The minimum atomic E-state index is -0.854. The normalized spacial score (nSPS) is 10.0. The Morgan fingerprint density at radius 2 is 1.95 bits per heavy atom. The number of benzene rings is 1. The fourth-order valence-corrected chi connectivity index (χ4v) is 1.83. The van der Waals surface area contributed by atoms with Crippen molar-refractivity contribution < 1.29 is 8.78 Å². The zero-order valence-electron chi connectivity index (χ0n) is 11.0. The Morgan fingerprint density at radius 3 is 2.62 bits per heavy atom. The molecule has 0 aliphatic heterocycles. The molecule has 0 saturated heterocycles. The van der Waals surface area contributed by atoms with E-state index < -0.39 is 11.6 Å². The number of anilines is 3. The summed E-state index contributed by atoms with van der Waals surface area (Å²) in [6.45, 7) is 2.21. The number of aromatic nitrogens is 1. The van der Waals surface area contributed by atoms with Crippen molar-refractivity contribution in [1.29, 1.82) is 5.26 Å². The van der Waals surface area contributed by atoms with Crippen LogP contribution in [0.25, 0.3) is 0 Å². The lowest BCUT2D eigenvalue weighted by molar-refractivity contribution is 0.579. The largest absolute Gasteiger partial charge is 0.368 e. The average molecular weight is 309 g/mol. The maximum Gasteiger partial charge on any atom is 0.169 e. The van der Waals surface area contributed by atoms with Gasteiger partial charge < -0.3 is 10.6 Å². The zero-order chi connectivity index (χ0) is 15.4. The van der Waals surface area contributed by atoms with Crippen molar-refractivity contribution in [3.05, 3.63) is 46.5 Å². The molecule has 0 aliphatic rings. The molecule has 0 bridgehead atoms. The molecule has 1 aromatic heterocycles. The Kier molecular flexibility index (Phi) is 4.55. The second kappa shape index (κ2) is 6.37. The highest BCUT2D eigenvalue weighted by atomic mass is 35.5. The van der Waals surface area contributed by atoms with Gasteiger partial charge in [-0.05, 0) is 25.1 Å². The van der Waals surface area contributed by atoms with Crippen LogP contribution >= 0.6 is 11.6 Å². The fourth-order valence-electron chi connectivity index (χ4n) is 1.66. The Balaban J connectivity index is 2.39. The van der Waals surface area contributed by atoms with Crippen LogP contribution in [0.1, 0.15) is 12.5 Å². The van der Waals surface area contributed by atoms with Crippen LogP contribution in [0.3, 0.4) is 0 Å². The molecule has 2 N–H and O–H groups in total. The number of rotatable bonds is 4. The van der Waals surface area contributed by atoms with Crippen molar-refractivity contribution in [3.8, 4) is 6.07 Å². The molecule has 108 valence electrons. The van der Waals surface area contributed by atoms with Gasteiger partial charge in [-0.2, -0.15) is 5.26 Å². The smallest absolute Gasteiger partial charge is 0.169 e. The first-order valence-corrected chi connectivity index (χ1v) is 6.49. The molecule has 1 aromatic carbocycles. The van der Waals surface area contributed by atoms with Gasteiger partial charge in [-0.15, -0.1) is 0 Å². The van der Waals surface area contributed by atoms with Crippen LogP contribution in [0.15, 0.2) is 24.3 Å². The molecule has 2 aromatic rings. The van der Waals surface area contributed by atoms with E-state index in [0.717, 1.165) is 6.07 Å². The lowest BCUT2D eigenvalue weighted by atomic mass is 10.2. The fraction of sp³-hybridized carbons (Fsp3) is 0.143. The number of hydrogen-bond acceptors (Lipinski definition) is 4. The Bertz CT molecular complexity index is 713. The number of hydrogen-bond donors (Lipinski definition) is 2. The van der Waals surface area contributed by atoms with Crippen LogP contribution in [0.5, 0.6) is 0 Å². The summed E-state index contributed by atoms with van der Waals surface area (Å²) >= 11 is 5.98. The third-order valence-corrected chi connectivity index (χ3v) is 2.95. The van der Waals surface area contributed by atoms with E-state index in [-0.39, 0.29) is 11.6 Å². The van der Waals surface area contributed by atoms with E-state index in [4.69, 9.17) is 16.9 Å². The molecule has 0 fully saturated rings. The van der Waals surface area contributed by atoms with Crippen molar-refractivity contribution in [2.75, 3.05) is 17.2 Å². The van der Waals surface area contributed by atoms with Gasteiger partial charge in [0.25, 0.3) is 0 Å². The van der Waals surface area contributed by atoms with Gasteiger partial charge in [0.1, 0.15) is 0 Å². The van der Waals surface area contributed by atoms with Crippen LogP contribution in [0.2, 0.25) is 5.02 Å². The number of nitrogens with one attached hydrogen (secondary N) is 2. The number of pyridine rings is 1. The van der Waals surface area contributed by atoms with Gasteiger partial charge >= 0.3 is 0 Å². The Hall–Kier alpha value is -2.39.